The number of carboxylic acid groups (broad SMARTS) is 1. The van der Waals surface area contributed by atoms with Crippen LogP contribution in [0.2, 0.25) is 0 Å². The van der Waals surface area contributed by atoms with Gasteiger partial charge in [-0.1, -0.05) is 18.2 Å². The summed E-state index contributed by atoms with van der Waals surface area (Å²) in [6, 6.07) is 8.21. The second-order valence-corrected chi connectivity index (χ2v) is 7.14. The Kier molecular flexibility index (Phi) is 5.65. The number of nitrogens with zero attached hydrogens (tertiary/aromatic N) is 3. The van der Waals surface area contributed by atoms with Crippen molar-refractivity contribution < 1.29 is 19.8 Å². The Bertz CT molecular complexity index is 1020. The van der Waals surface area contributed by atoms with Crippen molar-refractivity contribution in [1.29, 1.82) is 0 Å². The maximum Gasteiger partial charge on any atom is 0.332 e. The number of para-hydroxylation sites is 1. The van der Waals surface area contributed by atoms with Gasteiger partial charge in [0.05, 0.1) is 0 Å². The van der Waals surface area contributed by atoms with Crippen molar-refractivity contribution in [3.63, 3.8) is 0 Å². The molecule has 0 spiro atoms. The van der Waals surface area contributed by atoms with Crippen molar-refractivity contribution in [3.05, 3.63) is 53.7 Å². The van der Waals surface area contributed by atoms with Crippen LogP contribution in [0.1, 0.15) is 35.2 Å². The minimum Gasteiger partial charge on any atom is -0.479 e. The Labute approximate surface area is 163 Å². The number of aryl methyl sites for hydroxylation is 2. The summed E-state index contributed by atoms with van der Waals surface area (Å²) in [4.78, 5) is 26.7. The number of hydrogen-bond donors (Lipinski definition) is 2. The highest BCUT2D eigenvalue weighted by atomic mass is 16.4. The molecule has 0 radical (unpaired) electrons. The van der Waals surface area contributed by atoms with Gasteiger partial charge in [0.15, 0.2) is 5.78 Å². The molecule has 2 aromatic heterocycles. The number of rotatable bonds is 3. The standard InChI is InChI=1S/C18H19N3O.C3H6O3/c1-12-19-9-10-21(12)11-13-7-8-16-17(18(13)22)14-5-3-4-6-15(14)20(16)2;1-2(4)3(5)6/h3-6,9-10,13H,7-8,11H2,1-2H3;2,4H,1H3,(H,5,6). The quantitative estimate of drug-likeness (QED) is 0.724. The molecular weight excluding hydrogens is 358 g/mol. The lowest BCUT2D eigenvalue weighted by atomic mass is 9.85. The van der Waals surface area contributed by atoms with E-state index < -0.39 is 12.1 Å². The topological polar surface area (TPSA) is 97.3 Å². The first-order chi connectivity index (χ1) is 13.3. The fourth-order valence-corrected chi connectivity index (χ4v) is 3.67. The Balaban J connectivity index is 0.000000330. The van der Waals surface area contributed by atoms with Gasteiger partial charge in [-0.15, -0.1) is 0 Å². The van der Waals surface area contributed by atoms with Crippen LogP contribution in [0.25, 0.3) is 10.9 Å². The molecule has 2 N–H and O–H groups in total. The highest BCUT2D eigenvalue weighted by molar-refractivity contribution is 6.11. The van der Waals surface area contributed by atoms with Gasteiger partial charge in [-0.05, 0) is 32.8 Å². The van der Waals surface area contributed by atoms with E-state index in [9.17, 15) is 9.59 Å². The fourth-order valence-electron chi connectivity index (χ4n) is 3.67. The Morgan fingerprint density at radius 1 is 1.36 bits per heavy atom. The zero-order valence-electron chi connectivity index (χ0n) is 16.3. The van der Waals surface area contributed by atoms with Crippen LogP contribution >= 0.6 is 0 Å². The van der Waals surface area contributed by atoms with Crippen molar-refractivity contribution in [2.24, 2.45) is 13.0 Å². The SMILES string of the molecule is CC(O)C(=O)O.Cc1nccn1CC1CCc2c(c3ccccc3n2C)C1=O. The molecule has 1 aliphatic rings. The molecule has 7 nitrogen and oxygen atoms in total. The van der Waals surface area contributed by atoms with Crippen molar-refractivity contribution >= 4 is 22.7 Å². The van der Waals surface area contributed by atoms with Gasteiger partial charge in [-0.25, -0.2) is 9.78 Å². The van der Waals surface area contributed by atoms with Crippen LogP contribution in [0.3, 0.4) is 0 Å². The van der Waals surface area contributed by atoms with E-state index in [0.717, 1.165) is 41.7 Å². The molecule has 0 fully saturated rings. The van der Waals surface area contributed by atoms with E-state index in [4.69, 9.17) is 10.2 Å². The minimum absolute atomic E-state index is 0.0474. The largest absolute Gasteiger partial charge is 0.479 e. The van der Waals surface area contributed by atoms with E-state index in [0.29, 0.717) is 0 Å². The lowest BCUT2D eigenvalue weighted by Crippen LogP contribution is -2.27. The molecule has 0 bridgehead atoms. The zero-order chi connectivity index (χ0) is 20.4. The number of aliphatic hydroxyl groups is 1. The third-order valence-corrected chi connectivity index (χ3v) is 5.27. The third-order valence-electron chi connectivity index (χ3n) is 5.27. The number of aromatic nitrogens is 3. The fraction of sp³-hybridized carbons (Fsp3) is 0.381. The highest BCUT2D eigenvalue weighted by Crippen LogP contribution is 2.34. The number of ketones is 1. The summed E-state index contributed by atoms with van der Waals surface area (Å²) in [5, 5.41) is 16.9. The van der Waals surface area contributed by atoms with Crippen molar-refractivity contribution in [1.82, 2.24) is 14.1 Å². The van der Waals surface area contributed by atoms with Crippen LogP contribution in [0.4, 0.5) is 0 Å². The Morgan fingerprint density at radius 2 is 2.04 bits per heavy atom. The van der Waals surface area contributed by atoms with Crippen LogP contribution in [-0.2, 0) is 24.8 Å². The number of aliphatic hydroxyl groups excluding tert-OH is 1. The smallest absolute Gasteiger partial charge is 0.332 e. The number of carbonyl (C=O) groups excluding carboxylic acids is 1. The van der Waals surface area contributed by atoms with Gasteiger partial charge in [-0.3, -0.25) is 4.79 Å². The summed E-state index contributed by atoms with van der Waals surface area (Å²) in [5.74, 6) is 0.115. The normalized spacial score (nSPS) is 17.0. The first kappa shape index (κ1) is 19.8. The molecule has 28 heavy (non-hydrogen) atoms. The van der Waals surface area contributed by atoms with Gasteiger partial charge < -0.3 is 19.3 Å². The van der Waals surface area contributed by atoms with E-state index in [2.05, 4.69) is 33.3 Å². The molecule has 7 heteroatoms. The molecule has 0 saturated carbocycles. The molecule has 2 atom stereocenters. The van der Waals surface area contributed by atoms with Crippen LogP contribution in [0.15, 0.2) is 36.7 Å². The average Bonchev–Trinajstić information content (AvgIpc) is 3.20. The molecule has 2 heterocycles. The Hall–Kier alpha value is -2.93. The number of hydrogen-bond acceptors (Lipinski definition) is 4. The first-order valence-electron chi connectivity index (χ1n) is 9.30. The molecule has 1 aromatic carbocycles. The molecule has 2 unspecified atom stereocenters. The van der Waals surface area contributed by atoms with Crippen LogP contribution in [0.5, 0.6) is 0 Å². The molecular formula is C21H25N3O4. The van der Waals surface area contributed by atoms with E-state index in [1.54, 1.807) is 6.20 Å². The highest BCUT2D eigenvalue weighted by Gasteiger charge is 2.32. The van der Waals surface area contributed by atoms with Gasteiger partial charge in [0.1, 0.15) is 11.9 Å². The van der Waals surface area contributed by atoms with Gasteiger partial charge in [-0.2, -0.15) is 0 Å². The van der Waals surface area contributed by atoms with Gasteiger partial charge in [0, 0.05) is 54.1 Å². The van der Waals surface area contributed by atoms with E-state index in [1.165, 1.54) is 12.6 Å². The molecule has 0 saturated heterocycles. The maximum absolute atomic E-state index is 13.0. The molecule has 4 rings (SSSR count). The molecule has 148 valence electrons. The number of benzene rings is 1. The number of aliphatic carboxylic acids is 1. The molecule has 0 aliphatic heterocycles. The summed E-state index contributed by atoms with van der Waals surface area (Å²) < 4.78 is 4.26. The van der Waals surface area contributed by atoms with Gasteiger partial charge in [0.2, 0.25) is 0 Å². The predicted octanol–water partition coefficient (Wildman–Crippen LogP) is 2.58. The predicted molar refractivity (Wildman–Crippen MR) is 105 cm³/mol. The number of fused-ring (bicyclic) bond motifs is 3. The summed E-state index contributed by atoms with van der Waals surface area (Å²) >= 11 is 0. The number of carboxylic acids is 1. The summed E-state index contributed by atoms with van der Waals surface area (Å²) in [7, 11) is 2.06. The lowest BCUT2D eigenvalue weighted by molar-refractivity contribution is -0.145. The summed E-state index contributed by atoms with van der Waals surface area (Å²) in [5.41, 5.74) is 3.28. The van der Waals surface area contributed by atoms with Crippen molar-refractivity contribution in [2.75, 3.05) is 0 Å². The number of imidazole rings is 1. The monoisotopic (exact) mass is 383 g/mol. The summed E-state index contributed by atoms with van der Waals surface area (Å²) in [6.45, 7) is 3.91. The number of carbonyl (C=O) groups is 2. The van der Waals surface area contributed by atoms with Gasteiger partial charge in [0.25, 0.3) is 0 Å². The third kappa shape index (κ3) is 3.71. The van der Waals surface area contributed by atoms with Crippen LogP contribution in [-0.4, -0.2) is 42.2 Å². The van der Waals surface area contributed by atoms with Crippen LogP contribution < -0.4 is 0 Å². The van der Waals surface area contributed by atoms with E-state index >= 15 is 0 Å². The molecule has 1 aliphatic carbocycles. The minimum atomic E-state index is -1.23. The average molecular weight is 383 g/mol. The second kappa shape index (κ2) is 7.98. The van der Waals surface area contributed by atoms with Crippen molar-refractivity contribution in [2.45, 2.75) is 39.3 Å². The molecule has 0 amide bonds. The number of Topliss-reactive ketones (excluding diaryl/α,β-unsaturated/α-hetero) is 1. The second-order valence-electron chi connectivity index (χ2n) is 7.14. The first-order valence-corrected chi connectivity index (χ1v) is 9.30. The molecule has 3 aromatic rings. The zero-order valence-corrected chi connectivity index (χ0v) is 16.3. The lowest BCUT2D eigenvalue weighted by Gasteiger charge is -2.23. The van der Waals surface area contributed by atoms with Crippen molar-refractivity contribution in [3.8, 4) is 0 Å². The van der Waals surface area contributed by atoms with Gasteiger partial charge >= 0.3 is 5.97 Å². The Morgan fingerprint density at radius 3 is 2.64 bits per heavy atom. The van der Waals surface area contributed by atoms with Crippen LogP contribution in [0, 0.1) is 12.8 Å². The van der Waals surface area contributed by atoms with E-state index in [1.807, 2.05) is 25.3 Å². The van der Waals surface area contributed by atoms with E-state index in [-0.39, 0.29) is 11.7 Å². The maximum atomic E-state index is 13.0. The summed E-state index contributed by atoms with van der Waals surface area (Å²) in [6.07, 6.45) is 4.40.